The topological polar surface area (TPSA) is 38.5 Å². The Hall–Kier alpha value is -2.78. The van der Waals surface area contributed by atoms with Gasteiger partial charge < -0.3 is 15.4 Å². The van der Waals surface area contributed by atoms with Crippen molar-refractivity contribution in [3.8, 4) is 0 Å². The molecule has 1 saturated heterocycles. The molecule has 1 aliphatic heterocycles. The highest BCUT2D eigenvalue weighted by atomic mass is 16.5. The zero-order valence-corrected chi connectivity index (χ0v) is 15.6. The van der Waals surface area contributed by atoms with E-state index in [4.69, 9.17) is 10.5 Å². The van der Waals surface area contributed by atoms with Crippen LogP contribution in [0.15, 0.2) is 84.9 Å². The lowest BCUT2D eigenvalue weighted by Gasteiger charge is -2.54. The second kappa shape index (κ2) is 7.85. The highest BCUT2D eigenvalue weighted by Gasteiger charge is 2.45. The fourth-order valence-electron chi connectivity index (χ4n) is 3.89. The maximum Gasteiger partial charge on any atom is 0.0718 e. The van der Waals surface area contributed by atoms with Crippen LogP contribution in [0.3, 0.4) is 0 Å². The van der Waals surface area contributed by atoms with Crippen molar-refractivity contribution in [2.24, 2.45) is 0 Å². The maximum absolute atomic E-state index is 6.21. The number of hydrogen-bond donors (Lipinski definition) is 1. The van der Waals surface area contributed by atoms with Crippen molar-refractivity contribution in [1.82, 2.24) is 0 Å². The van der Waals surface area contributed by atoms with Crippen LogP contribution in [0.2, 0.25) is 0 Å². The highest BCUT2D eigenvalue weighted by Crippen LogP contribution is 2.39. The molecule has 0 amide bonds. The number of nitrogens with two attached hydrogens (primary N) is 1. The number of ether oxygens (including phenoxy) is 1. The van der Waals surface area contributed by atoms with E-state index in [1.54, 1.807) is 0 Å². The largest absolute Gasteiger partial charge is 0.399 e. The van der Waals surface area contributed by atoms with Crippen LogP contribution in [0.4, 0.5) is 11.4 Å². The average Bonchev–Trinajstić information content (AvgIpc) is 2.70. The Morgan fingerprint density at radius 3 is 2.04 bits per heavy atom. The quantitative estimate of drug-likeness (QED) is 0.623. The first-order valence-electron chi connectivity index (χ1n) is 9.54. The summed E-state index contributed by atoms with van der Waals surface area (Å²) in [6.07, 6.45) is 2.11. The predicted octanol–water partition coefficient (Wildman–Crippen LogP) is 4.68. The van der Waals surface area contributed by atoms with E-state index in [2.05, 4.69) is 71.6 Å². The fraction of sp³-hybridized carbons (Fsp3) is 0.250. The fourth-order valence-corrected chi connectivity index (χ4v) is 3.89. The molecule has 1 unspecified atom stereocenters. The molecule has 2 N–H and O–H groups in total. The Bertz CT molecular complexity index is 849. The molecule has 3 aromatic rings. The van der Waals surface area contributed by atoms with Crippen molar-refractivity contribution in [2.45, 2.75) is 25.0 Å². The van der Waals surface area contributed by atoms with Gasteiger partial charge in [-0.05, 0) is 48.2 Å². The zero-order valence-electron chi connectivity index (χ0n) is 15.6. The molecule has 3 nitrogen and oxygen atoms in total. The molecule has 0 saturated carbocycles. The third-order valence-electron chi connectivity index (χ3n) is 5.44. The van der Waals surface area contributed by atoms with E-state index in [0.29, 0.717) is 13.2 Å². The van der Waals surface area contributed by atoms with E-state index in [1.165, 1.54) is 16.8 Å². The summed E-state index contributed by atoms with van der Waals surface area (Å²) in [5.74, 6) is 0. The summed E-state index contributed by atoms with van der Waals surface area (Å²) < 4.78 is 6.21. The third-order valence-corrected chi connectivity index (χ3v) is 5.44. The number of nitrogen functional groups attached to an aromatic ring is 1. The van der Waals surface area contributed by atoms with Crippen LogP contribution in [0.1, 0.15) is 17.5 Å². The van der Waals surface area contributed by atoms with Crippen molar-refractivity contribution in [1.29, 1.82) is 0 Å². The number of nitrogens with zero attached hydrogens (tertiary/aromatic N) is 1. The summed E-state index contributed by atoms with van der Waals surface area (Å²) in [6, 6.07) is 29.3. The van der Waals surface area contributed by atoms with Gasteiger partial charge in [-0.3, -0.25) is 0 Å². The second-order valence-electron chi connectivity index (χ2n) is 7.36. The molecule has 27 heavy (non-hydrogen) atoms. The molecule has 1 aliphatic rings. The van der Waals surface area contributed by atoms with Crippen molar-refractivity contribution >= 4 is 11.4 Å². The molecule has 3 heteroatoms. The Morgan fingerprint density at radius 2 is 1.44 bits per heavy atom. The summed E-state index contributed by atoms with van der Waals surface area (Å²) in [6.45, 7) is 2.40. The minimum absolute atomic E-state index is 0.00769. The molecule has 0 aliphatic carbocycles. The van der Waals surface area contributed by atoms with E-state index in [1.807, 2.05) is 18.2 Å². The summed E-state index contributed by atoms with van der Waals surface area (Å²) in [4.78, 5) is 2.48. The van der Waals surface area contributed by atoms with Crippen molar-refractivity contribution < 1.29 is 4.74 Å². The molecule has 1 fully saturated rings. The van der Waals surface area contributed by atoms with Crippen molar-refractivity contribution in [3.63, 3.8) is 0 Å². The van der Waals surface area contributed by atoms with Crippen LogP contribution in [0.25, 0.3) is 0 Å². The highest BCUT2D eigenvalue weighted by molar-refractivity contribution is 5.57. The monoisotopic (exact) mass is 358 g/mol. The third kappa shape index (κ3) is 3.99. The minimum atomic E-state index is -0.00769. The van der Waals surface area contributed by atoms with E-state index in [-0.39, 0.29) is 5.54 Å². The lowest BCUT2D eigenvalue weighted by atomic mass is 9.79. The minimum Gasteiger partial charge on any atom is -0.399 e. The van der Waals surface area contributed by atoms with E-state index >= 15 is 0 Å². The zero-order chi connectivity index (χ0) is 18.5. The first kappa shape index (κ1) is 17.6. The standard InChI is InChI=1S/C24H26N2O/c25-22-11-13-23(14-12-22)26-16-15-24(26,17-20-7-3-1-4-8-20)19-27-18-21-9-5-2-6-10-21/h1-14H,15-19,25H2. The Labute approximate surface area is 161 Å². The van der Waals surface area contributed by atoms with Gasteiger partial charge >= 0.3 is 0 Å². The first-order chi connectivity index (χ1) is 13.3. The Balaban J connectivity index is 1.52. The van der Waals surface area contributed by atoms with Crippen LogP contribution < -0.4 is 10.6 Å². The lowest BCUT2D eigenvalue weighted by molar-refractivity contribution is 0.0462. The van der Waals surface area contributed by atoms with Gasteiger partial charge in [0.25, 0.3) is 0 Å². The smallest absolute Gasteiger partial charge is 0.0718 e. The van der Waals surface area contributed by atoms with Gasteiger partial charge in [0.1, 0.15) is 0 Å². The van der Waals surface area contributed by atoms with Crippen molar-refractivity contribution in [2.75, 3.05) is 23.8 Å². The van der Waals surface area contributed by atoms with Crippen LogP contribution >= 0.6 is 0 Å². The van der Waals surface area contributed by atoms with Crippen LogP contribution in [-0.2, 0) is 17.8 Å². The van der Waals surface area contributed by atoms with E-state index in [9.17, 15) is 0 Å². The molecule has 1 atom stereocenters. The molecule has 0 bridgehead atoms. The van der Waals surface area contributed by atoms with Crippen LogP contribution in [-0.4, -0.2) is 18.7 Å². The Morgan fingerprint density at radius 1 is 0.815 bits per heavy atom. The van der Waals surface area contributed by atoms with Crippen molar-refractivity contribution in [3.05, 3.63) is 96.1 Å². The van der Waals surface area contributed by atoms with Crippen LogP contribution in [0, 0.1) is 0 Å². The molecule has 138 valence electrons. The summed E-state index contributed by atoms with van der Waals surface area (Å²) in [5, 5.41) is 0. The van der Waals surface area contributed by atoms with Gasteiger partial charge in [0.05, 0.1) is 18.8 Å². The maximum atomic E-state index is 6.21. The number of benzene rings is 3. The van der Waals surface area contributed by atoms with Gasteiger partial charge in [0.15, 0.2) is 0 Å². The molecule has 0 radical (unpaired) electrons. The molecular formula is C24H26N2O. The molecule has 0 spiro atoms. The van der Waals surface area contributed by atoms with E-state index in [0.717, 1.165) is 25.1 Å². The first-order valence-corrected chi connectivity index (χ1v) is 9.54. The SMILES string of the molecule is Nc1ccc(N2CCC2(COCc2ccccc2)Cc2ccccc2)cc1. The second-order valence-corrected chi connectivity index (χ2v) is 7.36. The van der Waals surface area contributed by atoms with Gasteiger partial charge in [0, 0.05) is 17.9 Å². The molecule has 0 aromatic heterocycles. The average molecular weight is 358 g/mol. The van der Waals surface area contributed by atoms with Crippen LogP contribution in [0.5, 0.6) is 0 Å². The number of hydrogen-bond acceptors (Lipinski definition) is 3. The van der Waals surface area contributed by atoms with Gasteiger partial charge in [0.2, 0.25) is 0 Å². The van der Waals surface area contributed by atoms with Gasteiger partial charge in [-0.1, -0.05) is 60.7 Å². The lowest BCUT2D eigenvalue weighted by Crippen LogP contribution is -2.64. The molecule has 1 heterocycles. The predicted molar refractivity (Wildman–Crippen MR) is 112 cm³/mol. The van der Waals surface area contributed by atoms with Gasteiger partial charge in [-0.15, -0.1) is 0 Å². The Kier molecular flexibility index (Phi) is 5.12. The summed E-state index contributed by atoms with van der Waals surface area (Å²) in [5.41, 5.74) is 10.4. The van der Waals surface area contributed by atoms with Gasteiger partial charge in [-0.2, -0.15) is 0 Å². The number of rotatable bonds is 7. The molecular weight excluding hydrogens is 332 g/mol. The van der Waals surface area contributed by atoms with E-state index < -0.39 is 0 Å². The molecule has 4 rings (SSSR count). The normalized spacial score (nSPS) is 18.9. The summed E-state index contributed by atoms with van der Waals surface area (Å²) in [7, 11) is 0. The summed E-state index contributed by atoms with van der Waals surface area (Å²) >= 11 is 0. The molecule has 3 aromatic carbocycles. The number of anilines is 2. The van der Waals surface area contributed by atoms with Gasteiger partial charge in [-0.25, -0.2) is 0 Å².